The average molecular weight is 596 g/mol. The van der Waals surface area contributed by atoms with Crippen LogP contribution in [0.1, 0.15) is 0 Å². The summed E-state index contributed by atoms with van der Waals surface area (Å²) in [5.41, 5.74) is 7.14. The normalized spacial score (nSPS) is 11.9. The molecule has 218 valence electrons. The Bertz CT molecular complexity index is 2320. The van der Waals surface area contributed by atoms with Gasteiger partial charge in [0.1, 0.15) is 23.0 Å². The maximum Gasteiger partial charge on any atom is 0.496 e. The molecule has 1 aliphatic heterocycles. The van der Waals surface area contributed by atoms with E-state index >= 15 is 0 Å². The fraction of sp³-hybridized carbons (Fsp3) is 0.0244. The first-order valence-electron chi connectivity index (χ1n) is 15.2. The van der Waals surface area contributed by atoms with Crippen LogP contribution in [0.5, 0.6) is 23.0 Å². The van der Waals surface area contributed by atoms with Crippen LogP contribution in [0.2, 0.25) is 0 Å². The van der Waals surface area contributed by atoms with E-state index in [1.54, 1.807) is 0 Å². The SMILES string of the molecule is C[N+]1=C=[N+](c2cccc(Oc3cccc(-c4cc(-c5cccc(Oc6ccccc6)c5)ccn4)c3)c2)c2c1ccc1ccccc21. The van der Waals surface area contributed by atoms with Crippen molar-refractivity contribution in [2.24, 2.45) is 0 Å². The fourth-order valence-electron chi connectivity index (χ4n) is 5.86. The molecule has 5 heteroatoms. The first-order valence-corrected chi connectivity index (χ1v) is 15.2. The van der Waals surface area contributed by atoms with Crippen LogP contribution in [0.3, 0.4) is 0 Å². The minimum Gasteiger partial charge on any atom is -0.457 e. The van der Waals surface area contributed by atoms with Gasteiger partial charge in [0.15, 0.2) is 7.05 Å². The smallest absolute Gasteiger partial charge is 0.457 e. The highest BCUT2D eigenvalue weighted by Crippen LogP contribution is 2.40. The summed E-state index contributed by atoms with van der Waals surface area (Å²) in [6.45, 7) is 0. The number of hydrogen-bond acceptors (Lipinski definition) is 3. The molecule has 0 saturated carbocycles. The van der Waals surface area contributed by atoms with E-state index in [-0.39, 0.29) is 0 Å². The van der Waals surface area contributed by atoms with Crippen molar-refractivity contribution in [2.75, 3.05) is 7.05 Å². The third-order valence-corrected chi connectivity index (χ3v) is 8.06. The summed E-state index contributed by atoms with van der Waals surface area (Å²) >= 11 is 0. The molecule has 0 fully saturated rings. The van der Waals surface area contributed by atoms with Crippen LogP contribution >= 0.6 is 0 Å². The predicted molar refractivity (Wildman–Crippen MR) is 184 cm³/mol. The van der Waals surface area contributed by atoms with Crippen LogP contribution in [0.25, 0.3) is 33.2 Å². The number of hydrogen-bond donors (Lipinski definition) is 0. The Morgan fingerprint density at radius 3 is 2.04 bits per heavy atom. The van der Waals surface area contributed by atoms with Gasteiger partial charge in [-0.3, -0.25) is 4.98 Å². The van der Waals surface area contributed by atoms with Gasteiger partial charge in [0.05, 0.1) is 17.1 Å². The van der Waals surface area contributed by atoms with Crippen molar-refractivity contribution in [3.05, 3.63) is 158 Å². The zero-order valence-electron chi connectivity index (χ0n) is 25.2. The van der Waals surface area contributed by atoms with Crippen LogP contribution in [-0.4, -0.2) is 22.6 Å². The highest BCUT2D eigenvalue weighted by atomic mass is 16.5. The minimum absolute atomic E-state index is 0.734. The van der Waals surface area contributed by atoms with Gasteiger partial charge >= 0.3 is 11.7 Å². The lowest BCUT2D eigenvalue weighted by Gasteiger charge is -2.10. The maximum atomic E-state index is 6.42. The van der Waals surface area contributed by atoms with E-state index in [0.29, 0.717) is 0 Å². The molecule has 5 nitrogen and oxygen atoms in total. The Hall–Kier alpha value is -6.29. The molecule has 0 radical (unpaired) electrons. The number of ether oxygens (including phenoxy) is 2. The van der Waals surface area contributed by atoms with E-state index in [1.807, 2.05) is 109 Å². The standard InChI is InChI=1S/C41H29N3O2/c1-43-28-44(41-38-19-6-5-10-29(38)20-21-40(41)43)33-13-9-18-37(27-33)46-36-17-8-12-32(25-36)39-26-31(22-23-42-39)30-11-7-16-35(24-30)45-34-14-3-2-4-15-34/h2-27H,1H3/q+2. The first-order chi connectivity index (χ1) is 22.7. The molecule has 7 aromatic rings. The second kappa shape index (κ2) is 11.7. The van der Waals surface area contributed by atoms with Crippen molar-refractivity contribution >= 4 is 33.8 Å². The number of fused-ring (bicyclic) bond motifs is 3. The molecule has 0 bridgehead atoms. The largest absolute Gasteiger partial charge is 0.496 e. The minimum atomic E-state index is 0.734. The quantitative estimate of drug-likeness (QED) is 0.172. The van der Waals surface area contributed by atoms with Gasteiger partial charge < -0.3 is 9.47 Å². The fourth-order valence-corrected chi connectivity index (χ4v) is 5.86. The molecule has 0 saturated heterocycles. The monoisotopic (exact) mass is 595 g/mol. The van der Waals surface area contributed by atoms with Crippen molar-refractivity contribution in [3.63, 3.8) is 0 Å². The molecule has 1 aromatic heterocycles. The van der Waals surface area contributed by atoms with Gasteiger partial charge in [-0.25, -0.2) is 0 Å². The van der Waals surface area contributed by atoms with E-state index in [4.69, 9.17) is 9.47 Å². The zero-order valence-corrected chi connectivity index (χ0v) is 25.2. The zero-order chi connectivity index (χ0) is 30.9. The molecule has 0 atom stereocenters. The number of pyridine rings is 1. The number of benzene rings is 6. The summed E-state index contributed by atoms with van der Waals surface area (Å²) < 4.78 is 16.6. The highest BCUT2D eigenvalue weighted by Gasteiger charge is 2.35. The van der Waals surface area contributed by atoms with Gasteiger partial charge in [-0.05, 0) is 87.8 Å². The molecule has 1 aliphatic rings. The molecule has 0 unspecified atom stereocenters. The number of para-hydroxylation sites is 1. The molecule has 6 aromatic carbocycles. The van der Waals surface area contributed by atoms with Gasteiger partial charge in [-0.1, -0.05) is 71.3 Å². The molecule has 0 N–H and O–H groups in total. The maximum absolute atomic E-state index is 6.42. The summed E-state index contributed by atoms with van der Waals surface area (Å²) in [6.07, 6.45) is 1.84. The van der Waals surface area contributed by atoms with Gasteiger partial charge in [0.2, 0.25) is 5.69 Å². The third-order valence-electron chi connectivity index (χ3n) is 8.06. The van der Waals surface area contributed by atoms with E-state index in [2.05, 4.69) is 76.2 Å². The molecule has 0 amide bonds. The van der Waals surface area contributed by atoms with Crippen LogP contribution < -0.4 is 14.0 Å². The first kappa shape index (κ1) is 27.3. The number of nitrogens with zero attached hydrogens (tertiary/aromatic N) is 3. The van der Waals surface area contributed by atoms with E-state index in [9.17, 15) is 0 Å². The van der Waals surface area contributed by atoms with Crippen molar-refractivity contribution < 1.29 is 14.0 Å². The van der Waals surface area contributed by atoms with E-state index in [1.165, 1.54) is 10.8 Å². The average Bonchev–Trinajstić information content (AvgIpc) is 3.46. The summed E-state index contributed by atoms with van der Waals surface area (Å²) in [7, 11) is 2.03. The van der Waals surface area contributed by atoms with Gasteiger partial charge in [0.25, 0.3) is 5.69 Å². The Morgan fingerprint density at radius 1 is 0.543 bits per heavy atom. The van der Waals surface area contributed by atoms with Gasteiger partial charge in [0, 0.05) is 23.9 Å². The molecular weight excluding hydrogens is 566 g/mol. The highest BCUT2D eigenvalue weighted by molar-refractivity contribution is 6.00. The van der Waals surface area contributed by atoms with Crippen molar-refractivity contribution in [2.45, 2.75) is 0 Å². The summed E-state index contributed by atoms with van der Waals surface area (Å²) in [6, 6.07) is 54.4. The van der Waals surface area contributed by atoms with Gasteiger partial charge in [-0.2, -0.15) is 0 Å². The van der Waals surface area contributed by atoms with Crippen molar-refractivity contribution in [1.82, 2.24) is 9.56 Å². The lowest BCUT2D eigenvalue weighted by molar-refractivity contribution is -0.394. The summed E-state index contributed by atoms with van der Waals surface area (Å²) in [5, 5.41) is 2.37. The second-order valence-electron chi connectivity index (χ2n) is 11.1. The third kappa shape index (κ3) is 5.32. The Balaban J connectivity index is 1.06. The van der Waals surface area contributed by atoms with E-state index in [0.717, 1.165) is 62.4 Å². The lowest BCUT2D eigenvalue weighted by Crippen LogP contribution is -2.00. The second-order valence-corrected chi connectivity index (χ2v) is 11.1. The van der Waals surface area contributed by atoms with Crippen LogP contribution in [0.4, 0.5) is 17.1 Å². The summed E-state index contributed by atoms with van der Waals surface area (Å²) in [5.74, 6) is 3.06. The van der Waals surface area contributed by atoms with Crippen LogP contribution in [0.15, 0.2) is 158 Å². The molecule has 2 heterocycles. The van der Waals surface area contributed by atoms with Crippen LogP contribution in [0, 0.1) is 0 Å². The van der Waals surface area contributed by atoms with Crippen molar-refractivity contribution in [3.8, 4) is 45.4 Å². The van der Waals surface area contributed by atoms with Crippen molar-refractivity contribution in [1.29, 1.82) is 0 Å². The number of aromatic nitrogens is 1. The lowest BCUT2D eigenvalue weighted by atomic mass is 10.0. The predicted octanol–water partition coefficient (Wildman–Crippen LogP) is 10.4. The molecular formula is C41H29N3O2+2. The van der Waals surface area contributed by atoms with E-state index < -0.39 is 0 Å². The molecule has 0 aliphatic carbocycles. The molecule has 0 spiro atoms. The molecule has 8 rings (SSSR count). The Morgan fingerprint density at radius 2 is 1.20 bits per heavy atom. The Kier molecular flexibility index (Phi) is 6.91. The van der Waals surface area contributed by atoms with Crippen LogP contribution in [-0.2, 0) is 0 Å². The number of rotatable bonds is 7. The molecule has 46 heavy (non-hydrogen) atoms. The topological polar surface area (TPSA) is 37.4 Å². The summed E-state index contributed by atoms with van der Waals surface area (Å²) in [4.78, 5) is 4.69. The van der Waals surface area contributed by atoms with Gasteiger partial charge in [-0.15, -0.1) is 0 Å². The Labute approximate surface area is 267 Å².